The van der Waals surface area contributed by atoms with Crippen molar-refractivity contribution in [3.8, 4) is 0 Å². The molecule has 0 aliphatic rings. The molecule has 8 heteroatoms. The maximum atomic E-state index is 13.6. The van der Waals surface area contributed by atoms with Gasteiger partial charge in [0.2, 0.25) is 0 Å². The Morgan fingerprint density at radius 1 is 1.45 bits per heavy atom. The number of halogens is 1. The Bertz CT molecular complexity index is 768. The van der Waals surface area contributed by atoms with E-state index in [1.165, 1.54) is 6.07 Å². The highest BCUT2D eigenvalue weighted by molar-refractivity contribution is 7.90. The molecule has 3 N–H and O–H groups in total. The Morgan fingerprint density at radius 2 is 2.15 bits per heavy atom. The molecule has 1 aromatic carbocycles. The number of amides is 1. The summed E-state index contributed by atoms with van der Waals surface area (Å²) in [6, 6.07) is 4.49. The smallest absolute Gasteiger partial charge is 0.263 e. The third kappa shape index (κ3) is 3.07. The van der Waals surface area contributed by atoms with Crippen molar-refractivity contribution in [2.75, 3.05) is 24.3 Å². The molecule has 0 bridgehead atoms. The molecule has 1 amide bonds. The first-order valence-electron chi connectivity index (χ1n) is 5.72. The second kappa shape index (κ2) is 5.37. The van der Waals surface area contributed by atoms with E-state index in [1.807, 2.05) is 0 Å². The molecule has 0 saturated heterocycles. The van der Waals surface area contributed by atoms with Gasteiger partial charge in [-0.15, -0.1) is 11.3 Å². The third-order valence-corrected chi connectivity index (χ3v) is 4.78. The number of nitrogens with one attached hydrogen (secondary N) is 1. The van der Waals surface area contributed by atoms with Crippen LogP contribution in [-0.4, -0.2) is 32.9 Å². The van der Waals surface area contributed by atoms with Crippen LogP contribution in [0.15, 0.2) is 18.2 Å². The van der Waals surface area contributed by atoms with E-state index >= 15 is 0 Å². The van der Waals surface area contributed by atoms with E-state index in [9.17, 15) is 17.6 Å². The van der Waals surface area contributed by atoms with Crippen molar-refractivity contribution in [2.24, 2.45) is 0 Å². The molecule has 0 atom stereocenters. The predicted octanol–water partition coefficient (Wildman–Crippen LogP) is 1.40. The zero-order chi connectivity index (χ0) is 14.9. The quantitative estimate of drug-likeness (QED) is 0.892. The molecular formula is C12H13FN2O3S2. The molecule has 0 spiro atoms. The first kappa shape index (κ1) is 14.7. The summed E-state index contributed by atoms with van der Waals surface area (Å²) in [5.41, 5.74) is 5.87. The Balaban J connectivity index is 2.23. The van der Waals surface area contributed by atoms with Crippen molar-refractivity contribution >= 4 is 42.9 Å². The maximum Gasteiger partial charge on any atom is 0.263 e. The molecule has 0 aliphatic heterocycles. The number of rotatable bonds is 4. The van der Waals surface area contributed by atoms with E-state index in [0.29, 0.717) is 4.70 Å². The highest BCUT2D eigenvalue weighted by atomic mass is 32.2. The third-order valence-electron chi connectivity index (χ3n) is 2.67. The highest BCUT2D eigenvalue weighted by Gasteiger charge is 2.18. The van der Waals surface area contributed by atoms with E-state index in [0.717, 1.165) is 17.6 Å². The van der Waals surface area contributed by atoms with Crippen molar-refractivity contribution in [3.63, 3.8) is 0 Å². The van der Waals surface area contributed by atoms with Gasteiger partial charge in [0, 0.05) is 17.5 Å². The number of nitrogens with two attached hydrogens (primary N) is 1. The van der Waals surface area contributed by atoms with Gasteiger partial charge in [0.05, 0.1) is 16.8 Å². The van der Waals surface area contributed by atoms with Crippen LogP contribution < -0.4 is 11.1 Å². The number of carbonyl (C=O) groups is 1. The van der Waals surface area contributed by atoms with Crippen molar-refractivity contribution in [3.05, 3.63) is 28.9 Å². The number of benzene rings is 1. The van der Waals surface area contributed by atoms with Gasteiger partial charge in [-0.2, -0.15) is 0 Å². The van der Waals surface area contributed by atoms with Crippen molar-refractivity contribution in [1.82, 2.24) is 5.32 Å². The molecule has 0 unspecified atom stereocenters. The number of sulfone groups is 1. The summed E-state index contributed by atoms with van der Waals surface area (Å²) in [5.74, 6) is -1.13. The van der Waals surface area contributed by atoms with E-state index in [2.05, 4.69) is 5.32 Å². The first-order chi connectivity index (χ1) is 9.29. The highest BCUT2D eigenvalue weighted by Crippen LogP contribution is 2.35. The van der Waals surface area contributed by atoms with Crippen LogP contribution in [0.3, 0.4) is 0 Å². The predicted molar refractivity (Wildman–Crippen MR) is 78.2 cm³/mol. The molecule has 0 fully saturated rings. The van der Waals surface area contributed by atoms with Gasteiger partial charge in [-0.25, -0.2) is 12.8 Å². The largest absolute Gasteiger partial charge is 0.397 e. The molecular weight excluding hydrogens is 303 g/mol. The zero-order valence-corrected chi connectivity index (χ0v) is 12.3. The van der Waals surface area contributed by atoms with Crippen LogP contribution >= 0.6 is 11.3 Å². The van der Waals surface area contributed by atoms with Crippen LogP contribution in [0, 0.1) is 5.82 Å². The van der Waals surface area contributed by atoms with Gasteiger partial charge in [0.15, 0.2) is 0 Å². The first-order valence-corrected chi connectivity index (χ1v) is 8.59. The van der Waals surface area contributed by atoms with E-state index in [4.69, 9.17) is 5.73 Å². The fourth-order valence-corrected chi connectivity index (χ4v) is 3.25. The molecule has 20 heavy (non-hydrogen) atoms. The standard InChI is InChI=1S/C12H13FN2O3S2/c1-20(17,18)6-5-15-12(16)11-10(14)9-7(13)3-2-4-8(9)19-11/h2-4H,5-6,14H2,1H3,(H,15,16). The average Bonchev–Trinajstić information content (AvgIpc) is 2.66. The van der Waals surface area contributed by atoms with E-state index in [-0.39, 0.29) is 28.2 Å². The second-order valence-electron chi connectivity index (χ2n) is 4.34. The van der Waals surface area contributed by atoms with Gasteiger partial charge >= 0.3 is 0 Å². The van der Waals surface area contributed by atoms with Gasteiger partial charge in [-0.3, -0.25) is 4.79 Å². The summed E-state index contributed by atoms with van der Waals surface area (Å²) < 4.78 is 36.2. The Kier molecular flexibility index (Phi) is 3.96. The monoisotopic (exact) mass is 316 g/mol. The second-order valence-corrected chi connectivity index (χ2v) is 7.66. The summed E-state index contributed by atoms with van der Waals surface area (Å²) in [4.78, 5) is 12.1. The topological polar surface area (TPSA) is 89.3 Å². The SMILES string of the molecule is CS(=O)(=O)CCNC(=O)c1sc2cccc(F)c2c1N. The number of hydrogen-bond donors (Lipinski definition) is 2. The van der Waals surface area contributed by atoms with E-state index in [1.54, 1.807) is 12.1 Å². The minimum absolute atomic E-state index is 0.00612. The van der Waals surface area contributed by atoms with Crippen LogP contribution in [0.4, 0.5) is 10.1 Å². The summed E-state index contributed by atoms with van der Waals surface area (Å²) >= 11 is 1.08. The lowest BCUT2D eigenvalue weighted by atomic mass is 10.2. The van der Waals surface area contributed by atoms with Crippen molar-refractivity contribution in [2.45, 2.75) is 0 Å². The van der Waals surface area contributed by atoms with E-state index < -0.39 is 21.6 Å². The number of fused-ring (bicyclic) bond motifs is 1. The number of anilines is 1. The van der Waals surface area contributed by atoms with Gasteiger partial charge < -0.3 is 11.1 Å². The minimum Gasteiger partial charge on any atom is -0.397 e. The van der Waals surface area contributed by atoms with Crippen molar-refractivity contribution < 1.29 is 17.6 Å². The lowest BCUT2D eigenvalue weighted by Gasteiger charge is -2.03. The Labute approximate surface area is 119 Å². The fourth-order valence-electron chi connectivity index (χ4n) is 1.73. The average molecular weight is 316 g/mol. The maximum absolute atomic E-state index is 13.6. The van der Waals surface area contributed by atoms with Crippen LogP contribution in [0.1, 0.15) is 9.67 Å². The Morgan fingerprint density at radius 3 is 2.75 bits per heavy atom. The number of carbonyl (C=O) groups excluding carboxylic acids is 1. The van der Waals surface area contributed by atoms with Gasteiger partial charge in [-0.05, 0) is 12.1 Å². The number of hydrogen-bond acceptors (Lipinski definition) is 5. The summed E-state index contributed by atoms with van der Waals surface area (Å²) in [6.45, 7) is -0.00612. The molecule has 5 nitrogen and oxygen atoms in total. The molecule has 0 radical (unpaired) electrons. The lowest BCUT2D eigenvalue weighted by molar-refractivity contribution is 0.0961. The van der Waals surface area contributed by atoms with Gasteiger partial charge in [-0.1, -0.05) is 6.07 Å². The van der Waals surface area contributed by atoms with Gasteiger partial charge in [0.25, 0.3) is 5.91 Å². The number of thiophene rings is 1. The molecule has 0 saturated carbocycles. The molecule has 2 aromatic rings. The van der Waals surface area contributed by atoms with Gasteiger partial charge in [0.1, 0.15) is 20.5 Å². The molecule has 2 rings (SSSR count). The van der Waals surface area contributed by atoms with Crippen LogP contribution in [0.5, 0.6) is 0 Å². The van der Waals surface area contributed by atoms with Crippen molar-refractivity contribution in [1.29, 1.82) is 0 Å². The molecule has 108 valence electrons. The summed E-state index contributed by atoms with van der Waals surface area (Å²) in [7, 11) is -3.15. The van der Waals surface area contributed by atoms with Crippen LogP contribution in [-0.2, 0) is 9.84 Å². The molecule has 1 heterocycles. The number of nitrogen functional groups attached to an aromatic ring is 1. The Hall–Kier alpha value is -1.67. The summed E-state index contributed by atoms with van der Waals surface area (Å²) in [6.07, 6.45) is 1.09. The zero-order valence-electron chi connectivity index (χ0n) is 10.6. The fraction of sp³-hybridized carbons (Fsp3) is 0.250. The molecule has 1 aromatic heterocycles. The van der Waals surface area contributed by atoms with Crippen LogP contribution in [0.25, 0.3) is 10.1 Å². The van der Waals surface area contributed by atoms with Crippen LogP contribution in [0.2, 0.25) is 0 Å². The lowest BCUT2D eigenvalue weighted by Crippen LogP contribution is -2.28. The minimum atomic E-state index is -3.15. The summed E-state index contributed by atoms with van der Waals surface area (Å²) in [5, 5.41) is 2.69. The normalized spacial score (nSPS) is 11.7. The molecule has 0 aliphatic carbocycles.